The first kappa shape index (κ1) is 14.1. The van der Waals surface area contributed by atoms with E-state index in [9.17, 15) is 4.79 Å². The number of rotatable bonds is 3. The molecule has 0 radical (unpaired) electrons. The van der Waals surface area contributed by atoms with E-state index in [2.05, 4.69) is 21.2 Å². The van der Waals surface area contributed by atoms with Crippen molar-refractivity contribution in [3.63, 3.8) is 0 Å². The van der Waals surface area contributed by atoms with Crippen LogP contribution in [0.4, 0.5) is 5.69 Å². The van der Waals surface area contributed by atoms with Crippen molar-refractivity contribution in [2.24, 2.45) is 0 Å². The molecule has 1 N–H and O–H groups in total. The van der Waals surface area contributed by atoms with Crippen molar-refractivity contribution in [1.29, 1.82) is 0 Å². The molecule has 0 spiro atoms. The molecule has 0 aromatic heterocycles. The van der Waals surface area contributed by atoms with E-state index in [0.717, 1.165) is 15.7 Å². The highest BCUT2D eigenvalue weighted by atomic mass is 79.9. The molecule has 1 amide bonds. The maximum atomic E-state index is 12.1. The molecule has 1 atom stereocenters. The predicted molar refractivity (Wildman–Crippen MR) is 82.8 cm³/mol. The SMILES string of the molecule is CC(Cl)c1ccccc1NC(=O)c1ccc(Br)cc1. The van der Waals surface area contributed by atoms with Crippen molar-refractivity contribution >= 4 is 39.1 Å². The summed E-state index contributed by atoms with van der Waals surface area (Å²) in [7, 11) is 0. The second-order valence-corrected chi connectivity index (χ2v) is 5.73. The molecular formula is C15H13BrClNO. The molecule has 19 heavy (non-hydrogen) atoms. The molecule has 4 heteroatoms. The zero-order valence-corrected chi connectivity index (χ0v) is 12.7. The Morgan fingerprint density at radius 2 is 1.79 bits per heavy atom. The third kappa shape index (κ3) is 3.58. The number of amides is 1. The van der Waals surface area contributed by atoms with Gasteiger partial charge in [0.1, 0.15) is 0 Å². The van der Waals surface area contributed by atoms with Crippen LogP contribution in [0, 0.1) is 0 Å². The zero-order valence-electron chi connectivity index (χ0n) is 10.4. The Kier molecular flexibility index (Phi) is 4.61. The maximum Gasteiger partial charge on any atom is 0.255 e. The van der Waals surface area contributed by atoms with Gasteiger partial charge in [-0.2, -0.15) is 0 Å². The first-order chi connectivity index (χ1) is 9.08. The van der Waals surface area contributed by atoms with Crippen molar-refractivity contribution in [2.75, 3.05) is 5.32 Å². The molecule has 0 aliphatic carbocycles. The van der Waals surface area contributed by atoms with E-state index in [0.29, 0.717) is 5.56 Å². The number of benzene rings is 2. The van der Waals surface area contributed by atoms with Crippen LogP contribution in [-0.4, -0.2) is 5.91 Å². The van der Waals surface area contributed by atoms with Crippen molar-refractivity contribution < 1.29 is 4.79 Å². The molecule has 2 rings (SSSR count). The van der Waals surface area contributed by atoms with E-state index in [1.807, 2.05) is 43.3 Å². The lowest BCUT2D eigenvalue weighted by molar-refractivity contribution is 0.102. The van der Waals surface area contributed by atoms with Gasteiger partial charge >= 0.3 is 0 Å². The van der Waals surface area contributed by atoms with Gasteiger partial charge in [-0.25, -0.2) is 0 Å². The van der Waals surface area contributed by atoms with E-state index in [1.54, 1.807) is 12.1 Å². The highest BCUT2D eigenvalue weighted by Gasteiger charge is 2.11. The third-order valence-electron chi connectivity index (χ3n) is 2.74. The fourth-order valence-corrected chi connectivity index (χ4v) is 2.21. The van der Waals surface area contributed by atoms with Crippen LogP contribution in [0.2, 0.25) is 0 Å². The number of carbonyl (C=O) groups excluding carboxylic acids is 1. The fourth-order valence-electron chi connectivity index (χ4n) is 1.75. The summed E-state index contributed by atoms with van der Waals surface area (Å²) in [4.78, 5) is 12.1. The summed E-state index contributed by atoms with van der Waals surface area (Å²) in [6.07, 6.45) is 0. The number of alkyl halides is 1. The molecule has 1 unspecified atom stereocenters. The summed E-state index contributed by atoms with van der Waals surface area (Å²) in [5.74, 6) is -0.141. The number of hydrogen-bond acceptors (Lipinski definition) is 1. The van der Waals surface area contributed by atoms with Crippen LogP contribution < -0.4 is 5.32 Å². The van der Waals surface area contributed by atoms with Gasteiger partial charge in [0, 0.05) is 15.7 Å². The van der Waals surface area contributed by atoms with Crippen LogP contribution in [0.15, 0.2) is 53.0 Å². The molecule has 0 heterocycles. The molecule has 2 aromatic carbocycles. The monoisotopic (exact) mass is 337 g/mol. The highest BCUT2D eigenvalue weighted by Crippen LogP contribution is 2.27. The largest absolute Gasteiger partial charge is 0.322 e. The van der Waals surface area contributed by atoms with Gasteiger partial charge in [-0.3, -0.25) is 4.79 Å². The van der Waals surface area contributed by atoms with Crippen LogP contribution in [0.1, 0.15) is 28.2 Å². The minimum absolute atomic E-state index is 0.141. The van der Waals surface area contributed by atoms with E-state index in [-0.39, 0.29) is 11.3 Å². The third-order valence-corrected chi connectivity index (χ3v) is 3.51. The molecule has 0 aliphatic rings. The zero-order chi connectivity index (χ0) is 13.8. The summed E-state index contributed by atoms with van der Waals surface area (Å²) in [6, 6.07) is 14.8. The van der Waals surface area contributed by atoms with Gasteiger partial charge in [0.2, 0.25) is 0 Å². The normalized spacial score (nSPS) is 11.9. The minimum atomic E-state index is -0.151. The Bertz CT molecular complexity index is 581. The Morgan fingerprint density at radius 3 is 2.42 bits per heavy atom. The minimum Gasteiger partial charge on any atom is -0.322 e. The van der Waals surface area contributed by atoms with Gasteiger partial charge in [0.25, 0.3) is 5.91 Å². The lowest BCUT2D eigenvalue weighted by Gasteiger charge is -2.12. The van der Waals surface area contributed by atoms with Gasteiger partial charge in [-0.1, -0.05) is 34.1 Å². The topological polar surface area (TPSA) is 29.1 Å². The van der Waals surface area contributed by atoms with Crippen LogP contribution in [0.25, 0.3) is 0 Å². The quantitative estimate of drug-likeness (QED) is 0.784. The molecule has 0 bridgehead atoms. The Morgan fingerprint density at radius 1 is 1.16 bits per heavy atom. The van der Waals surface area contributed by atoms with Crippen LogP contribution in [0.5, 0.6) is 0 Å². The smallest absolute Gasteiger partial charge is 0.255 e. The van der Waals surface area contributed by atoms with Gasteiger partial charge in [0.05, 0.1) is 5.38 Å². The molecular weight excluding hydrogens is 326 g/mol. The van der Waals surface area contributed by atoms with Crippen molar-refractivity contribution in [3.05, 3.63) is 64.1 Å². The van der Waals surface area contributed by atoms with Gasteiger partial charge in [-0.15, -0.1) is 11.6 Å². The molecule has 98 valence electrons. The second kappa shape index (κ2) is 6.22. The van der Waals surface area contributed by atoms with E-state index < -0.39 is 0 Å². The number of nitrogens with one attached hydrogen (secondary N) is 1. The van der Waals surface area contributed by atoms with Crippen LogP contribution in [-0.2, 0) is 0 Å². The van der Waals surface area contributed by atoms with Gasteiger partial charge < -0.3 is 5.32 Å². The molecule has 0 saturated carbocycles. The molecule has 0 aliphatic heterocycles. The van der Waals surface area contributed by atoms with E-state index in [4.69, 9.17) is 11.6 Å². The first-order valence-corrected chi connectivity index (χ1v) is 7.11. The number of para-hydroxylation sites is 1. The molecule has 0 saturated heterocycles. The van der Waals surface area contributed by atoms with Crippen molar-refractivity contribution in [1.82, 2.24) is 0 Å². The van der Waals surface area contributed by atoms with Crippen molar-refractivity contribution in [3.8, 4) is 0 Å². The summed E-state index contributed by atoms with van der Waals surface area (Å²) in [5, 5.41) is 2.74. The number of anilines is 1. The highest BCUT2D eigenvalue weighted by molar-refractivity contribution is 9.10. The van der Waals surface area contributed by atoms with E-state index >= 15 is 0 Å². The Hall–Kier alpha value is -1.32. The van der Waals surface area contributed by atoms with Crippen molar-refractivity contribution in [2.45, 2.75) is 12.3 Å². The standard InChI is InChI=1S/C15H13BrClNO/c1-10(17)13-4-2-3-5-14(13)18-15(19)11-6-8-12(16)9-7-11/h2-10H,1H3,(H,18,19). The van der Waals surface area contributed by atoms with Crippen LogP contribution in [0.3, 0.4) is 0 Å². The summed E-state index contributed by atoms with van der Waals surface area (Å²) < 4.78 is 0.943. The lowest BCUT2D eigenvalue weighted by atomic mass is 10.1. The number of halogens is 2. The Balaban J connectivity index is 2.22. The van der Waals surface area contributed by atoms with Crippen LogP contribution >= 0.6 is 27.5 Å². The lowest BCUT2D eigenvalue weighted by Crippen LogP contribution is -2.13. The molecule has 2 nitrogen and oxygen atoms in total. The second-order valence-electron chi connectivity index (χ2n) is 4.16. The first-order valence-electron chi connectivity index (χ1n) is 5.88. The predicted octanol–water partition coefficient (Wildman–Crippen LogP) is 5.00. The maximum absolute atomic E-state index is 12.1. The molecule has 2 aromatic rings. The Labute approximate surface area is 125 Å². The average Bonchev–Trinajstić information content (AvgIpc) is 2.39. The average molecular weight is 339 g/mol. The summed E-state index contributed by atoms with van der Waals surface area (Å²) >= 11 is 9.44. The van der Waals surface area contributed by atoms with Gasteiger partial charge in [-0.05, 0) is 42.8 Å². The summed E-state index contributed by atoms with van der Waals surface area (Å²) in [6.45, 7) is 1.88. The van der Waals surface area contributed by atoms with E-state index in [1.165, 1.54) is 0 Å². The van der Waals surface area contributed by atoms with Gasteiger partial charge in [0.15, 0.2) is 0 Å². The fraction of sp³-hybridized carbons (Fsp3) is 0.133. The number of hydrogen-bond donors (Lipinski definition) is 1. The number of carbonyl (C=O) groups is 1. The molecule has 0 fully saturated rings. The summed E-state index contributed by atoms with van der Waals surface area (Å²) in [5.41, 5.74) is 2.27.